The smallest absolute Gasteiger partial charge is 0.493 e. The van der Waals surface area contributed by atoms with Gasteiger partial charge in [-0.3, -0.25) is 9.97 Å². The van der Waals surface area contributed by atoms with Crippen molar-refractivity contribution in [3.63, 3.8) is 0 Å². The predicted octanol–water partition coefficient (Wildman–Crippen LogP) is 5.06. The molecule has 2 aromatic carbocycles. The Morgan fingerprint density at radius 1 is 0.750 bits per heavy atom. The van der Waals surface area contributed by atoms with Gasteiger partial charge in [0, 0.05) is 28.9 Å². The van der Waals surface area contributed by atoms with E-state index in [1.165, 1.54) is 57.9 Å². The molecule has 0 unspecified atom stereocenters. The molecule has 0 aliphatic carbocycles. The zero-order valence-corrected chi connectivity index (χ0v) is 37.5. The number of aliphatic imine (C=N–C) groups is 1. The number of halogens is 3. The van der Waals surface area contributed by atoms with Gasteiger partial charge < -0.3 is 52.8 Å². The van der Waals surface area contributed by atoms with Crippen molar-refractivity contribution in [1.29, 1.82) is 0 Å². The van der Waals surface area contributed by atoms with Crippen molar-refractivity contribution in [2.45, 2.75) is 12.1 Å². The molecule has 0 atom stereocenters. The molecule has 0 saturated carbocycles. The zero-order chi connectivity index (χ0) is 49.2. The minimum absolute atomic E-state index is 0.0125. The molecular formula is C42H40F3N9O13S. The average molecular weight is 968 g/mol. The molecule has 1 aliphatic rings. The molecule has 26 heteroatoms. The van der Waals surface area contributed by atoms with E-state index in [-0.39, 0.29) is 59.6 Å². The van der Waals surface area contributed by atoms with Crippen molar-refractivity contribution in [3.8, 4) is 62.9 Å². The molecule has 0 fully saturated rings. The number of aromatic nitrogens is 6. The SMILES string of the molecule is COc1cc(-c2cc3ncccc3c(NCC3=NCC(=O)O3)n2)cc(OC)c1OC.COc1cc(-c2cc3ncccc3c(OS(=O)(=O)C(F)(F)F)n2)cc(OC)c1OC.NCc1n[nH]c(=O)o1. The minimum Gasteiger partial charge on any atom is -0.493 e. The number of carbonyl (C=O) groups is 1. The monoisotopic (exact) mass is 967 g/mol. The van der Waals surface area contributed by atoms with E-state index in [4.69, 9.17) is 43.9 Å². The third-order valence-corrected chi connectivity index (χ3v) is 10.2. The first-order chi connectivity index (χ1) is 32.6. The standard InChI is InChI=1S/C21H20N4O5.C18H15F3N2O6S.C3H5N3O2/c1-27-16-7-12(8-17(28-2)20(16)29-3)14-9-15-13(5-4-6-22-15)21(25-14)24-10-18-23-11-19(26)30-18;1-26-14-7-10(8-15(27-2)16(14)28-3)12-9-13-11(5-4-6-22-13)17(23-12)29-30(24,25)18(19,20)21;4-1-2-5-6-3(7)8-2/h4-9H,10-11H2,1-3H3,(H,24,25);4-9H,1-3H3;1,4H2,(H,6,7). The van der Waals surface area contributed by atoms with Gasteiger partial charge in [-0.2, -0.15) is 21.6 Å². The van der Waals surface area contributed by atoms with Gasteiger partial charge in [-0.05, 0) is 60.7 Å². The number of ether oxygens (including phenoxy) is 7. The van der Waals surface area contributed by atoms with Gasteiger partial charge in [0.25, 0.3) is 0 Å². The summed E-state index contributed by atoms with van der Waals surface area (Å²) in [5, 5.41) is 9.49. The number of methoxy groups -OCH3 is 6. The third-order valence-electron chi connectivity index (χ3n) is 9.24. The maximum absolute atomic E-state index is 12.8. The number of fused-ring (bicyclic) bond motifs is 2. The van der Waals surface area contributed by atoms with E-state index in [2.05, 4.69) is 44.1 Å². The molecule has 6 heterocycles. The molecule has 0 amide bonds. The normalized spacial score (nSPS) is 12.1. The number of aromatic amines is 1. The van der Waals surface area contributed by atoms with Crippen LogP contribution >= 0.6 is 0 Å². The number of benzene rings is 2. The predicted molar refractivity (Wildman–Crippen MR) is 237 cm³/mol. The van der Waals surface area contributed by atoms with E-state index in [1.807, 2.05) is 30.3 Å². The van der Waals surface area contributed by atoms with Gasteiger partial charge in [0.2, 0.25) is 29.2 Å². The molecule has 8 rings (SSSR count). The lowest BCUT2D eigenvalue weighted by Gasteiger charge is -2.15. The number of pyridine rings is 4. The van der Waals surface area contributed by atoms with Gasteiger partial charge in [-0.25, -0.2) is 29.6 Å². The summed E-state index contributed by atoms with van der Waals surface area (Å²) >= 11 is 0. The van der Waals surface area contributed by atoms with Crippen molar-refractivity contribution in [3.05, 3.63) is 89.5 Å². The van der Waals surface area contributed by atoms with Crippen LogP contribution in [0.15, 0.2) is 87.3 Å². The summed E-state index contributed by atoms with van der Waals surface area (Å²) in [5.74, 6) is 1.83. The van der Waals surface area contributed by atoms with Crippen molar-refractivity contribution in [2.24, 2.45) is 10.7 Å². The third kappa shape index (κ3) is 11.2. The van der Waals surface area contributed by atoms with E-state index in [0.717, 1.165) is 16.5 Å². The summed E-state index contributed by atoms with van der Waals surface area (Å²) in [6.07, 6.45) is 3.11. The highest BCUT2D eigenvalue weighted by atomic mass is 32.2. The summed E-state index contributed by atoms with van der Waals surface area (Å²) in [6, 6.07) is 16.5. The summed E-state index contributed by atoms with van der Waals surface area (Å²) < 4.78 is 107. The number of hydrogen-bond donors (Lipinski definition) is 3. The molecule has 0 bridgehead atoms. The Morgan fingerprint density at radius 2 is 1.26 bits per heavy atom. The number of rotatable bonds is 14. The van der Waals surface area contributed by atoms with E-state index >= 15 is 0 Å². The van der Waals surface area contributed by atoms with Crippen molar-refractivity contribution >= 4 is 49.6 Å². The lowest BCUT2D eigenvalue weighted by molar-refractivity contribution is -0.132. The van der Waals surface area contributed by atoms with E-state index < -0.39 is 27.3 Å². The Labute approximate surface area is 383 Å². The number of carbonyl (C=O) groups excluding carboxylic acids is 1. The van der Waals surface area contributed by atoms with Gasteiger partial charge in [-0.15, -0.1) is 5.10 Å². The molecule has 4 N–H and O–H groups in total. The number of cyclic esters (lactones) is 1. The second-order valence-electron chi connectivity index (χ2n) is 13.4. The largest absolute Gasteiger partial charge is 0.534 e. The Hall–Kier alpha value is -8.26. The average Bonchev–Trinajstić information content (AvgIpc) is 3.98. The van der Waals surface area contributed by atoms with Crippen LogP contribution in [-0.2, 0) is 26.2 Å². The molecule has 5 aromatic heterocycles. The van der Waals surface area contributed by atoms with E-state index in [1.54, 1.807) is 27.5 Å². The number of anilines is 1. The number of nitrogens with one attached hydrogen (secondary N) is 2. The minimum atomic E-state index is -5.94. The highest BCUT2D eigenvalue weighted by Crippen LogP contribution is 2.43. The maximum Gasteiger partial charge on any atom is 0.534 e. The Bertz CT molecular complexity index is 3100. The van der Waals surface area contributed by atoms with Crippen LogP contribution in [-0.4, -0.2) is 112 Å². The molecule has 22 nitrogen and oxygen atoms in total. The molecule has 68 heavy (non-hydrogen) atoms. The fourth-order valence-electron chi connectivity index (χ4n) is 6.17. The van der Waals surface area contributed by atoms with Crippen LogP contribution in [0.4, 0.5) is 19.0 Å². The van der Waals surface area contributed by atoms with Crippen LogP contribution in [0, 0.1) is 0 Å². The van der Waals surface area contributed by atoms with E-state index in [0.29, 0.717) is 46.0 Å². The van der Waals surface area contributed by atoms with Gasteiger partial charge in [0.05, 0.1) is 83.6 Å². The Kier molecular flexibility index (Phi) is 15.5. The lowest BCUT2D eigenvalue weighted by Crippen LogP contribution is -2.28. The fraction of sp³-hybridized carbons (Fsp3) is 0.238. The number of alkyl halides is 3. The van der Waals surface area contributed by atoms with E-state index in [9.17, 15) is 31.2 Å². The number of H-pyrrole nitrogens is 1. The number of nitrogens with two attached hydrogens (primary N) is 1. The van der Waals surface area contributed by atoms with Crippen molar-refractivity contribution in [2.75, 3.05) is 61.1 Å². The molecule has 7 aromatic rings. The van der Waals surface area contributed by atoms with Gasteiger partial charge in [-0.1, -0.05) is 0 Å². The zero-order valence-electron chi connectivity index (χ0n) is 36.7. The second kappa shape index (κ2) is 21.4. The lowest BCUT2D eigenvalue weighted by atomic mass is 10.1. The number of nitrogens with zero attached hydrogens (tertiary/aromatic N) is 6. The summed E-state index contributed by atoms with van der Waals surface area (Å²) in [4.78, 5) is 42.7. The van der Waals surface area contributed by atoms with Crippen LogP contribution in [0.3, 0.4) is 0 Å². The van der Waals surface area contributed by atoms with Crippen LogP contribution < -0.4 is 49.4 Å². The Morgan fingerprint density at radius 3 is 1.69 bits per heavy atom. The summed E-state index contributed by atoms with van der Waals surface area (Å²) in [6.45, 7) is 0.429. The van der Waals surface area contributed by atoms with Gasteiger partial charge >= 0.3 is 27.4 Å². The molecule has 1 aliphatic heterocycles. The van der Waals surface area contributed by atoms with Crippen LogP contribution in [0.25, 0.3) is 44.3 Å². The van der Waals surface area contributed by atoms with Crippen molar-refractivity contribution in [1.82, 2.24) is 30.1 Å². The first kappa shape index (κ1) is 49.2. The molecule has 358 valence electrons. The number of esters is 1. The first-order valence-electron chi connectivity index (χ1n) is 19.4. The van der Waals surface area contributed by atoms with Crippen molar-refractivity contribution < 1.29 is 68.1 Å². The molecule has 0 spiro atoms. The first-order valence-corrected chi connectivity index (χ1v) is 20.8. The molecule has 0 radical (unpaired) electrons. The highest BCUT2D eigenvalue weighted by molar-refractivity contribution is 7.88. The number of hydrogen-bond acceptors (Lipinski definition) is 21. The summed E-state index contributed by atoms with van der Waals surface area (Å²) in [7, 11) is 2.93. The second-order valence-corrected chi connectivity index (χ2v) is 14.9. The van der Waals surface area contributed by atoms with Gasteiger partial charge in [0.1, 0.15) is 12.4 Å². The maximum atomic E-state index is 12.8. The molecular weight excluding hydrogens is 928 g/mol. The summed E-state index contributed by atoms with van der Waals surface area (Å²) in [5.41, 5.74) is 2.20. The topological polar surface area (TPSA) is 286 Å². The fourth-order valence-corrected chi connectivity index (χ4v) is 6.60. The molecule has 0 saturated heterocycles. The van der Waals surface area contributed by atoms with Crippen LogP contribution in [0.1, 0.15) is 5.89 Å². The highest BCUT2D eigenvalue weighted by Gasteiger charge is 2.49. The van der Waals surface area contributed by atoms with Crippen LogP contribution in [0.5, 0.6) is 40.4 Å². The quantitative estimate of drug-likeness (QED) is 0.0729. The van der Waals surface area contributed by atoms with Gasteiger partial charge in [0.15, 0.2) is 23.0 Å². The Balaban J connectivity index is 0.000000192. The van der Waals surface area contributed by atoms with Crippen LogP contribution in [0.2, 0.25) is 0 Å².